The summed E-state index contributed by atoms with van der Waals surface area (Å²) in [5, 5.41) is 9.53. The maximum atomic E-state index is 10.2. The van der Waals surface area contributed by atoms with Gasteiger partial charge in [-0.25, -0.2) is 0 Å². The second-order valence-corrected chi connectivity index (χ2v) is 5.28. The number of carboxylic acids is 1. The molecule has 0 bridgehead atoms. The van der Waals surface area contributed by atoms with Crippen LogP contribution < -0.4 is 0 Å². The van der Waals surface area contributed by atoms with Crippen molar-refractivity contribution in [3.05, 3.63) is 0 Å². The molecule has 1 atom stereocenters. The fourth-order valence-corrected chi connectivity index (χ4v) is 3.22. The van der Waals surface area contributed by atoms with E-state index < -0.39 is 5.97 Å². The molecular formula is C8H16O2Se2. The maximum absolute atomic E-state index is 10.2. The molecule has 0 saturated carbocycles. The first-order valence-electron chi connectivity index (χ1n) is 4.17. The van der Waals surface area contributed by atoms with Gasteiger partial charge < -0.3 is 0 Å². The van der Waals surface area contributed by atoms with E-state index in [9.17, 15) is 4.79 Å². The third-order valence-electron chi connectivity index (χ3n) is 1.64. The van der Waals surface area contributed by atoms with Gasteiger partial charge in [-0.05, 0) is 0 Å². The van der Waals surface area contributed by atoms with Crippen LogP contribution in [0.15, 0.2) is 0 Å². The van der Waals surface area contributed by atoms with Gasteiger partial charge >= 0.3 is 90.1 Å². The topological polar surface area (TPSA) is 37.3 Å². The van der Waals surface area contributed by atoms with Crippen LogP contribution >= 0.6 is 0 Å². The van der Waals surface area contributed by atoms with E-state index in [0.717, 1.165) is 24.6 Å². The van der Waals surface area contributed by atoms with Crippen LogP contribution in [-0.4, -0.2) is 43.1 Å². The second-order valence-electron chi connectivity index (χ2n) is 2.81. The molecule has 0 aliphatic rings. The molecule has 0 aromatic heterocycles. The minimum atomic E-state index is -0.677. The van der Waals surface area contributed by atoms with Gasteiger partial charge in [0, 0.05) is 0 Å². The molecule has 0 amide bonds. The normalized spacial score (nSPS) is 12.8. The summed E-state index contributed by atoms with van der Waals surface area (Å²) >= 11 is 5.25. The Morgan fingerprint density at radius 3 is 2.50 bits per heavy atom. The molecule has 0 aromatic carbocycles. The summed E-state index contributed by atoms with van der Waals surface area (Å²) in [4.78, 5) is 10.9. The van der Waals surface area contributed by atoms with Crippen LogP contribution in [0.5, 0.6) is 0 Å². The fourth-order valence-electron chi connectivity index (χ4n) is 0.950. The SMILES string of the molecule is O=C(O)CCCCC([SeH])CC[SeH]. The van der Waals surface area contributed by atoms with E-state index in [1.807, 2.05) is 0 Å². The quantitative estimate of drug-likeness (QED) is 0.563. The zero-order valence-corrected chi connectivity index (χ0v) is 10.8. The van der Waals surface area contributed by atoms with Crippen molar-refractivity contribution in [2.75, 3.05) is 0 Å². The van der Waals surface area contributed by atoms with Crippen molar-refractivity contribution in [2.45, 2.75) is 42.2 Å². The Labute approximate surface area is 90.1 Å². The molecule has 0 heterocycles. The van der Waals surface area contributed by atoms with Gasteiger partial charge in [0.05, 0.1) is 0 Å². The van der Waals surface area contributed by atoms with Crippen LogP contribution in [0.1, 0.15) is 32.1 Å². The average molecular weight is 302 g/mol. The van der Waals surface area contributed by atoms with Crippen molar-refractivity contribution < 1.29 is 9.90 Å². The van der Waals surface area contributed by atoms with Gasteiger partial charge in [0.1, 0.15) is 0 Å². The molecule has 1 N–H and O–H groups in total. The van der Waals surface area contributed by atoms with Gasteiger partial charge in [0.2, 0.25) is 0 Å². The number of unbranched alkanes of at least 4 members (excludes halogenated alkanes) is 1. The number of hydrogen-bond donors (Lipinski definition) is 1. The number of rotatable bonds is 7. The Morgan fingerprint density at radius 2 is 2.00 bits per heavy atom. The van der Waals surface area contributed by atoms with Gasteiger partial charge in [-0.2, -0.15) is 0 Å². The minimum absolute atomic E-state index is 0.321. The summed E-state index contributed by atoms with van der Waals surface area (Å²) in [5.41, 5.74) is 0. The van der Waals surface area contributed by atoms with Crippen molar-refractivity contribution in [1.82, 2.24) is 0 Å². The second kappa shape index (κ2) is 8.12. The van der Waals surface area contributed by atoms with E-state index in [2.05, 4.69) is 32.0 Å². The number of hydrogen-bond acceptors (Lipinski definition) is 1. The molecule has 0 aliphatic carbocycles. The van der Waals surface area contributed by atoms with Crippen LogP contribution in [0.3, 0.4) is 0 Å². The fraction of sp³-hybridized carbons (Fsp3) is 0.875. The van der Waals surface area contributed by atoms with Crippen molar-refractivity contribution >= 4 is 38.0 Å². The monoisotopic (exact) mass is 304 g/mol. The first-order valence-corrected chi connectivity index (χ1v) is 6.58. The standard InChI is InChI=1S/C8H16O2Se2/c9-8(10)4-2-1-3-7(12)5-6-11/h7,11-12H,1-6H2,(H,9,10). The number of carbonyl (C=O) groups is 1. The number of carboxylic acid groups (broad SMARTS) is 1. The van der Waals surface area contributed by atoms with E-state index in [-0.39, 0.29) is 0 Å². The predicted molar refractivity (Wildman–Crippen MR) is 53.6 cm³/mol. The number of aliphatic carboxylic acids is 1. The third kappa shape index (κ3) is 8.60. The van der Waals surface area contributed by atoms with Crippen molar-refractivity contribution in [3.63, 3.8) is 0 Å². The van der Waals surface area contributed by atoms with Crippen molar-refractivity contribution in [3.8, 4) is 0 Å². The van der Waals surface area contributed by atoms with Crippen LogP contribution in [0, 0.1) is 0 Å². The Kier molecular flexibility index (Phi) is 8.47. The Morgan fingerprint density at radius 1 is 1.33 bits per heavy atom. The molecule has 0 rings (SSSR count). The van der Waals surface area contributed by atoms with Gasteiger partial charge in [-0.3, -0.25) is 0 Å². The molecule has 0 spiro atoms. The molecule has 0 aliphatic heterocycles. The van der Waals surface area contributed by atoms with Gasteiger partial charge in [0.25, 0.3) is 0 Å². The Hall–Kier alpha value is 0.509. The third-order valence-corrected chi connectivity index (χ3v) is 3.27. The summed E-state index contributed by atoms with van der Waals surface area (Å²) in [6, 6.07) is 0. The van der Waals surface area contributed by atoms with E-state index in [1.54, 1.807) is 0 Å². The van der Waals surface area contributed by atoms with Crippen LogP contribution in [0.4, 0.5) is 0 Å². The Bertz CT molecular complexity index is 128. The van der Waals surface area contributed by atoms with Gasteiger partial charge in [-0.1, -0.05) is 0 Å². The molecular weight excluding hydrogens is 286 g/mol. The molecule has 2 nitrogen and oxygen atoms in total. The van der Waals surface area contributed by atoms with Crippen LogP contribution in [-0.2, 0) is 4.79 Å². The van der Waals surface area contributed by atoms with E-state index in [1.165, 1.54) is 6.42 Å². The van der Waals surface area contributed by atoms with E-state index in [4.69, 9.17) is 5.11 Å². The summed E-state index contributed by atoms with van der Waals surface area (Å²) in [5.74, 6) is -0.677. The zero-order valence-electron chi connectivity index (χ0n) is 7.07. The van der Waals surface area contributed by atoms with Gasteiger partial charge in [-0.15, -0.1) is 0 Å². The molecule has 12 heavy (non-hydrogen) atoms. The molecule has 0 fully saturated rings. The van der Waals surface area contributed by atoms with Crippen molar-refractivity contribution in [2.24, 2.45) is 0 Å². The first-order chi connectivity index (χ1) is 5.66. The van der Waals surface area contributed by atoms with E-state index >= 15 is 0 Å². The van der Waals surface area contributed by atoms with Crippen molar-refractivity contribution in [1.29, 1.82) is 0 Å². The molecule has 0 aromatic rings. The van der Waals surface area contributed by atoms with E-state index in [0.29, 0.717) is 11.2 Å². The molecule has 72 valence electrons. The average Bonchev–Trinajstić information content (AvgIpc) is 1.98. The summed E-state index contributed by atoms with van der Waals surface area (Å²) in [6.07, 6.45) is 4.54. The predicted octanol–water partition coefficient (Wildman–Crippen LogP) is 1.03. The molecule has 1 unspecified atom stereocenters. The molecule has 4 heteroatoms. The van der Waals surface area contributed by atoms with Crippen LogP contribution in [0.2, 0.25) is 10.1 Å². The first kappa shape index (κ1) is 12.5. The summed E-state index contributed by atoms with van der Waals surface area (Å²) in [7, 11) is 0. The molecule has 0 radical (unpaired) electrons. The van der Waals surface area contributed by atoms with Gasteiger partial charge in [0.15, 0.2) is 0 Å². The van der Waals surface area contributed by atoms with Crippen LogP contribution in [0.25, 0.3) is 0 Å². The molecule has 0 saturated heterocycles. The zero-order chi connectivity index (χ0) is 9.40. The Balaban J connectivity index is 3.13. The summed E-state index contributed by atoms with van der Waals surface area (Å²) in [6.45, 7) is 0. The summed E-state index contributed by atoms with van der Waals surface area (Å²) < 4.78 is 0.